The van der Waals surface area contributed by atoms with Crippen molar-refractivity contribution in [1.29, 1.82) is 0 Å². The molecule has 1 saturated carbocycles. The number of benzene rings is 1. The smallest absolute Gasteiger partial charge is 0.0704 e. The molecule has 1 aromatic carbocycles. The van der Waals surface area contributed by atoms with Gasteiger partial charge in [-0.15, -0.1) is 0 Å². The highest BCUT2D eigenvalue weighted by atomic mass is 79.9. The minimum atomic E-state index is 0.0256. The van der Waals surface area contributed by atoms with Gasteiger partial charge in [0.15, 0.2) is 0 Å². The fourth-order valence-electron chi connectivity index (χ4n) is 2.27. The van der Waals surface area contributed by atoms with Crippen LogP contribution in [0.15, 0.2) is 28.7 Å². The van der Waals surface area contributed by atoms with Crippen molar-refractivity contribution >= 4 is 15.9 Å². The van der Waals surface area contributed by atoms with E-state index in [-0.39, 0.29) is 6.61 Å². The SMILES string of the molecule is Cc1cc(C2CC2)n(-c2ccc(Br)cc2CO)n1. The summed E-state index contributed by atoms with van der Waals surface area (Å²) in [5, 5.41) is 14.1. The first kappa shape index (κ1) is 11.9. The number of aliphatic hydroxyl groups is 1. The van der Waals surface area contributed by atoms with Crippen LogP contribution in [0.3, 0.4) is 0 Å². The minimum Gasteiger partial charge on any atom is -0.392 e. The summed E-state index contributed by atoms with van der Waals surface area (Å²) < 4.78 is 2.97. The predicted octanol–water partition coefficient (Wildman–Crippen LogP) is 3.31. The Morgan fingerprint density at radius 3 is 2.83 bits per heavy atom. The molecule has 2 aromatic rings. The van der Waals surface area contributed by atoms with Gasteiger partial charge in [0.2, 0.25) is 0 Å². The zero-order chi connectivity index (χ0) is 12.7. The van der Waals surface area contributed by atoms with E-state index in [1.807, 2.05) is 29.8 Å². The molecular weight excluding hydrogens is 292 g/mol. The maximum atomic E-state index is 9.49. The Balaban J connectivity index is 2.14. The van der Waals surface area contributed by atoms with Crippen LogP contribution in [0, 0.1) is 6.92 Å². The average Bonchev–Trinajstić information content (AvgIpc) is 3.13. The van der Waals surface area contributed by atoms with E-state index in [2.05, 4.69) is 27.1 Å². The van der Waals surface area contributed by atoms with E-state index < -0.39 is 0 Å². The predicted molar refractivity (Wildman–Crippen MR) is 73.9 cm³/mol. The second-order valence-electron chi connectivity index (χ2n) is 4.83. The van der Waals surface area contributed by atoms with Crippen molar-refractivity contribution in [3.63, 3.8) is 0 Å². The summed E-state index contributed by atoms with van der Waals surface area (Å²) in [6.07, 6.45) is 2.49. The van der Waals surface area contributed by atoms with Crippen LogP contribution >= 0.6 is 15.9 Å². The standard InChI is InChI=1S/C14H15BrN2O/c1-9-6-14(10-2-3-10)17(16-9)13-5-4-12(15)7-11(13)8-18/h4-7,10,18H,2-3,8H2,1H3. The molecule has 1 aliphatic carbocycles. The molecule has 1 fully saturated rings. The molecule has 3 nitrogen and oxygen atoms in total. The Labute approximate surface area is 115 Å². The Bertz CT molecular complexity index is 587. The van der Waals surface area contributed by atoms with Crippen LogP contribution in [-0.2, 0) is 6.61 Å². The molecule has 0 radical (unpaired) electrons. The van der Waals surface area contributed by atoms with Crippen LogP contribution in [0.4, 0.5) is 0 Å². The molecule has 0 amide bonds. The van der Waals surface area contributed by atoms with Crippen LogP contribution in [0.1, 0.15) is 35.7 Å². The Morgan fingerprint density at radius 1 is 1.39 bits per heavy atom. The third kappa shape index (κ3) is 2.10. The lowest BCUT2D eigenvalue weighted by Gasteiger charge is -2.11. The number of hydrogen-bond donors (Lipinski definition) is 1. The van der Waals surface area contributed by atoms with Crippen molar-refractivity contribution in [3.8, 4) is 5.69 Å². The van der Waals surface area contributed by atoms with Gasteiger partial charge in [0.1, 0.15) is 0 Å². The monoisotopic (exact) mass is 306 g/mol. The number of nitrogens with zero attached hydrogens (tertiary/aromatic N) is 2. The summed E-state index contributed by atoms with van der Waals surface area (Å²) >= 11 is 3.43. The van der Waals surface area contributed by atoms with Crippen LogP contribution < -0.4 is 0 Å². The highest BCUT2D eigenvalue weighted by Crippen LogP contribution is 2.41. The minimum absolute atomic E-state index is 0.0256. The molecule has 18 heavy (non-hydrogen) atoms. The third-order valence-electron chi connectivity index (χ3n) is 3.29. The second-order valence-corrected chi connectivity index (χ2v) is 5.74. The fraction of sp³-hybridized carbons (Fsp3) is 0.357. The van der Waals surface area contributed by atoms with E-state index in [0.717, 1.165) is 21.4 Å². The second kappa shape index (κ2) is 4.52. The number of aromatic nitrogens is 2. The van der Waals surface area contributed by atoms with Gasteiger partial charge in [-0.1, -0.05) is 15.9 Å². The maximum Gasteiger partial charge on any atom is 0.0704 e. The summed E-state index contributed by atoms with van der Waals surface area (Å²) in [4.78, 5) is 0. The van der Waals surface area contributed by atoms with Crippen LogP contribution in [-0.4, -0.2) is 14.9 Å². The number of aryl methyl sites for hydroxylation is 1. The summed E-state index contributed by atoms with van der Waals surface area (Å²) in [6, 6.07) is 8.10. The van der Waals surface area contributed by atoms with E-state index in [1.165, 1.54) is 18.5 Å². The van der Waals surface area contributed by atoms with Gasteiger partial charge < -0.3 is 5.11 Å². The molecule has 1 N–H and O–H groups in total. The molecule has 0 unspecified atom stereocenters. The van der Waals surface area contributed by atoms with Crippen LogP contribution in [0.5, 0.6) is 0 Å². The van der Waals surface area contributed by atoms with Gasteiger partial charge in [0.05, 0.1) is 18.0 Å². The zero-order valence-corrected chi connectivity index (χ0v) is 11.8. The average molecular weight is 307 g/mol. The summed E-state index contributed by atoms with van der Waals surface area (Å²) in [7, 11) is 0. The molecule has 0 spiro atoms. The van der Waals surface area contributed by atoms with E-state index in [1.54, 1.807) is 0 Å². The lowest BCUT2D eigenvalue weighted by atomic mass is 10.1. The molecule has 0 saturated heterocycles. The quantitative estimate of drug-likeness (QED) is 0.944. The van der Waals surface area contributed by atoms with Crippen LogP contribution in [0.2, 0.25) is 0 Å². The summed E-state index contributed by atoms with van der Waals surface area (Å²) in [6.45, 7) is 2.04. The number of aliphatic hydroxyl groups excluding tert-OH is 1. The largest absolute Gasteiger partial charge is 0.392 e. The molecule has 3 rings (SSSR count). The molecule has 94 valence electrons. The number of rotatable bonds is 3. The van der Waals surface area contributed by atoms with E-state index in [0.29, 0.717) is 5.92 Å². The zero-order valence-electron chi connectivity index (χ0n) is 10.2. The highest BCUT2D eigenvalue weighted by molar-refractivity contribution is 9.10. The molecule has 0 aliphatic heterocycles. The van der Waals surface area contributed by atoms with Gasteiger partial charge in [-0.2, -0.15) is 5.10 Å². The summed E-state index contributed by atoms with van der Waals surface area (Å²) in [5.41, 5.74) is 4.18. The third-order valence-corrected chi connectivity index (χ3v) is 3.79. The Hall–Kier alpha value is -1.13. The Morgan fingerprint density at radius 2 is 2.17 bits per heavy atom. The molecule has 1 aliphatic rings. The molecule has 1 heterocycles. The molecule has 4 heteroatoms. The van der Waals surface area contributed by atoms with E-state index in [4.69, 9.17) is 0 Å². The lowest BCUT2D eigenvalue weighted by molar-refractivity contribution is 0.281. The van der Waals surface area contributed by atoms with Gasteiger partial charge in [-0.25, -0.2) is 4.68 Å². The first-order valence-electron chi connectivity index (χ1n) is 6.15. The van der Waals surface area contributed by atoms with Gasteiger partial charge in [0.25, 0.3) is 0 Å². The molecule has 1 aromatic heterocycles. The molecule has 0 bridgehead atoms. The van der Waals surface area contributed by atoms with Gasteiger partial charge in [-0.05, 0) is 44.0 Å². The lowest BCUT2D eigenvalue weighted by Crippen LogP contribution is -2.05. The fourth-order valence-corrected chi connectivity index (χ4v) is 2.68. The van der Waals surface area contributed by atoms with E-state index >= 15 is 0 Å². The normalized spacial score (nSPS) is 15.1. The van der Waals surface area contributed by atoms with Crippen molar-refractivity contribution in [2.24, 2.45) is 0 Å². The maximum absolute atomic E-state index is 9.49. The topological polar surface area (TPSA) is 38.0 Å². The van der Waals surface area contributed by atoms with Gasteiger partial charge >= 0.3 is 0 Å². The van der Waals surface area contributed by atoms with Crippen molar-refractivity contribution in [2.45, 2.75) is 32.3 Å². The highest BCUT2D eigenvalue weighted by Gasteiger charge is 2.28. The first-order valence-corrected chi connectivity index (χ1v) is 6.94. The van der Waals surface area contributed by atoms with Crippen molar-refractivity contribution < 1.29 is 5.11 Å². The van der Waals surface area contributed by atoms with Gasteiger partial charge in [0, 0.05) is 21.6 Å². The number of hydrogen-bond acceptors (Lipinski definition) is 2. The van der Waals surface area contributed by atoms with Crippen molar-refractivity contribution in [2.75, 3.05) is 0 Å². The van der Waals surface area contributed by atoms with Gasteiger partial charge in [-0.3, -0.25) is 0 Å². The first-order chi connectivity index (χ1) is 8.69. The summed E-state index contributed by atoms with van der Waals surface area (Å²) in [5.74, 6) is 0.640. The Kier molecular flexibility index (Phi) is 2.99. The van der Waals surface area contributed by atoms with Crippen molar-refractivity contribution in [1.82, 2.24) is 9.78 Å². The molecule has 0 atom stereocenters. The number of halogens is 1. The van der Waals surface area contributed by atoms with Crippen LogP contribution in [0.25, 0.3) is 5.69 Å². The van der Waals surface area contributed by atoms with Crippen molar-refractivity contribution in [3.05, 3.63) is 45.7 Å². The molecular formula is C14H15BrN2O. The van der Waals surface area contributed by atoms with E-state index in [9.17, 15) is 5.11 Å².